The number of anilines is 1. The fourth-order valence-electron chi connectivity index (χ4n) is 3.92. The number of nitrogens with zero attached hydrogens (tertiary/aromatic N) is 2. The number of methoxy groups -OCH3 is 1. The van der Waals surface area contributed by atoms with Gasteiger partial charge in [-0.2, -0.15) is 0 Å². The van der Waals surface area contributed by atoms with Crippen LogP contribution in [-0.2, 0) is 14.4 Å². The normalized spacial score (nSPS) is 21.0. The molecule has 2 aliphatic heterocycles. The van der Waals surface area contributed by atoms with Crippen molar-refractivity contribution in [3.05, 3.63) is 72.3 Å². The smallest absolute Gasteiger partial charge is 0.281 e. The minimum absolute atomic E-state index is 0.0260. The summed E-state index contributed by atoms with van der Waals surface area (Å²) in [6.07, 6.45) is 0.232. The van der Waals surface area contributed by atoms with E-state index in [9.17, 15) is 9.59 Å². The Kier molecular flexibility index (Phi) is 3.87. The Labute approximate surface area is 167 Å². The monoisotopic (exact) mass is 386 g/mol. The standard InChI is InChI=1S/C23H18N2O4/c1-28-19-10-7-16(8-11-19)20-13-23(29-24-20)14-21(26)25(22(23)27)18-9-6-15-4-2-3-5-17(15)12-18/h2-12H,13-14H2,1H3/t23-/m1/s1. The van der Waals surface area contributed by atoms with Crippen LogP contribution < -0.4 is 9.64 Å². The van der Waals surface area contributed by atoms with Gasteiger partial charge in [-0.1, -0.05) is 35.5 Å². The lowest BCUT2D eigenvalue weighted by atomic mass is 9.92. The average Bonchev–Trinajstić information content (AvgIpc) is 3.28. The molecular formula is C23H18N2O4. The van der Waals surface area contributed by atoms with Crippen molar-refractivity contribution in [3.63, 3.8) is 0 Å². The minimum atomic E-state index is -1.27. The van der Waals surface area contributed by atoms with Crippen LogP contribution >= 0.6 is 0 Å². The number of carbonyl (C=O) groups is 2. The van der Waals surface area contributed by atoms with Crippen LogP contribution in [0.4, 0.5) is 5.69 Å². The van der Waals surface area contributed by atoms with Crippen molar-refractivity contribution in [2.24, 2.45) is 5.16 Å². The van der Waals surface area contributed by atoms with Gasteiger partial charge >= 0.3 is 0 Å². The minimum Gasteiger partial charge on any atom is -0.497 e. The number of imide groups is 1. The van der Waals surface area contributed by atoms with Crippen molar-refractivity contribution in [3.8, 4) is 5.75 Å². The summed E-state index contributed by atoms with van der Waals surface area (Å²) in [4.78, 5) is 32.8. The number of benzene rings is 3. The van der Waals surface area contributed by atoms with Crippen molar-refractivity contribution in [1.82, 2.24) is 0 Å². The molecule has 2 amide bonds. The van der Waals surface area contributed by atoms with Gasteiger partial charge in [0.05, 0.1) is 24.9 Å². The first-order valence-corrected chi connectivity index (χ1v) is 9.35. The number of rotatable bonds is 3. The summed E-state index contributed by atoms with van der Waals surface area (Å²) in [5, 5.41) is 6.15. The van der Waals surface area contributed by atoms with Gasteiger partial charge in [0.25, 0.3) is 5.91 Å². The van der Waals surface area contributed by atoms with Gasteiger partial charge in [0.2, 0.25) is 11.5 Å². The molecule has 1 saturated heterocycles. The van der Waals surface area contributed by atoms with Gasteiger partial charge in [-0.3, -0.25) is 9.59 Å². The number of fused-ring (bicyclic) bond motifs is 1. The Morgan fingerprint density at radius 1 is 0.966 bits per heavy atom. The summed E-state index contributed by atoms with van der Waals surface area (Å²) >= 11 is 0. The van der Waals surface area contributed by atoms with Gasteiger partial charge in [-0.05, 0) is 52.7 Å². The van der Waals surface area contributed by atoms with Crippen LogP contribution in [0.2, 0.25) is 0 Å². The maximum atomic E-state index is 13.2. The summed E-state index contributed by atoms with van der Waals surface area (Å²) < 4.78 is 5.17. The summed E-state index contributed by atoms with van der Waals surface area (Å²) in [5.74, 6) is 0.0825. The molecule has 29 heavy (non-hydrogen) atoms. The van der Waals surface area contributed by atoms with E-state index in [-0.39, 0.29) is 24.7 Å². The molecule has 6 heteroatoms. The molecule has 1 spiro atoms. The third-order valence-electron chi connectivity index (χ3n) is 5.48. The molecule has 3 aromatic carbocycles. The number of carbonyl (C=O) groups excluding carboxylic acids is 2. The molecule has 0 radical (unpaired) electrons. The fourth-order valence-corrected chi connectivity index (χ4v) is 3.92. The van der Waals surface area contributed by atoms with Crippen LogP contribution in [0.15, 0.2) is 71.9 Å². The highest BCUT2D eigenvalue weighted by Gasteiger charge is 2.58. The molecule has 0 N–H and O–H groups in total. The second-order valence-electron chi connectivity index (χ2n) is 7.27. The van der Waals surface area contributed by atoms with Gasteiger partial charge in [-0.25, -0.2) is 4.90 Å². The number of ether oxygens (including phenoxy) is 1. The Balaban J connectivity index is 1.43. The topological polar surface area (TPSA) is 68.2 Å². The van der Waals surface area contributed by atoms with Crippen molar-refractivity contribution < 1.29 is 19.2 Å². The molecule has 6 nitrogen and oxygen atoms in total. The number of hydrogen-bond acceptors (Lipinski definition) is 5. The first-order valence-electron chi connectivity index (χ1n) is 9.35. The average molecular weight is 386 g/mol. The largest absolute Gasteiger partial charge is 0.497 e. The predicted molar refractivity (Wildman–Crippen MR) is 109 cm³/mol. The second kappa shape index (κ2) is 6.44. The number of hydrogen-bond donors (Lipinski definition) is 0. The van der Waals surface area contributed by atoms with E-state index in [0.717, 1.165) is 22.1 Å². The molecule has 3 aromatic rings. The highest BCUT2D eigenvalue weighted by molar-refractivity contribution is 6.26. The van der Waals surface area contributed by atoms with E-state index in [0.29, 0.717) is 11.4 Å². The first kappa shape index (κ1) is 17.4. The zero-order valence-corrected chi connectivity index (χ0v) is 15.8. The highest BCUT2D eigenvalue weighted by Crippen LogP contribution is 2.40. The molecule has 0 unspecified atom stereocenters. The summed E-state index contributed by atoms with van der Waals surface area (Å²) in [7, 11) is 1.60. The van der Waals surface area contributed by atoms with Crippen molar-refractivity contribution in [2.45, 2.75) is 18.4 Å². The Morgan fingerprint density at radius 2 is 1.72 bits per heavy atom. The molecular weight excluding hydrogens is 368 g/mol. The van der Waals surface area contributed by atoms with E-state index in [1.807, 2.05) is 60.7 Å². The van der Waals surface area contributed by atoms with Crippen LogP contribution in [0.5, 0.6) is 5.75 Å². The molecule has 0 saturated carbocycles. The number of amides is 2. The lowest BCUT2D eigenvalue weighted by molar-refractivity contribution is -0.136. The highest BCUT2D eigenvalue weighted by atomic mass is 16.7. The van der Waals surface area contributed by atoms with Crippen LogP contribution in [0, 0.1) is 0 Å². The molecule has 1 atom stereocenters. The summed E-state index contributed by atoms with van der Waals surface area (Å²) in [6, 6.07) is 20.7. The quantitative estimate of drug-likeness (QED) is 0.644. The van der Waals surface area contributed by atoms with Gasteiger partial charge in [0.15, 0.2) is 0 Å². The van der Waals surface area contributed by atoms with Gasteiger partial charge in [-0.15, -0.1) is 0 Å². The van der Waals surface area contributed by atoms with E-state index in [1.165, 1.54) is 4.90 Å². The zero-order chi connectivity index (χ0) is 20.0. The molecule has 0 aromatic heterocycles. The Hall–Kier alpha value is -3.67. The first-order chi connectivity index (χ1) is 14.1. The maximum absolute atomic E-state index is 13.2. The molecule has 2 heterocycles. The molecule has 0 aliphatic carbocycles. The molecule has 144 valence electrons. The van der Waals surface area contributed by atoms with Crippen LogP contribution in [0.1, 0.15) is 18.4 Å². The van der Waals surface area contributed by atoms with E-state index in [2.05, 4.69) is 5.16 Å². The SMILES string of the molecule is COc1ccc(C2=NO[C@@]3(CC(=O)N(c4ccc5ccccc5c4)C3=O)C2)cc1. The van der Waals surface area contributed by atoms with Gasteiger partial charge < -0.3 is 9.57 Å². The molecule has 2 aliphatic rings. The van der Waals surface area contributed by atoms with Crippen molar-refractivity contribution in [2.75, 3.05) is 12.0 Å². The maximum Gasteiger partial charge on any atom is 0.281 e. The summed E-state index contributed by atoms with van der Waals surface area (Å²) in [6.45, 7) is 0. The van der Waals surface area contributed by atoms with Crippen LogP contribution in [-0.4, -0.2) is 30.2 Å². The van der Waals surface area contributed by atoms with E-state index in [4.69, 9.17) is 9.57 Å². The second-order valence-corrected chi connectivity index (χ2v) is 7.27. The number of oxime groups is 1. The fraction of sp³-hybridized carbons (Fsp3) is 0.174. The van der Waals surface area contributed by atoms with Crippen LogP contribution in [0.3, 0.4) is 0 Å². The third-order valence-corrected chi connectivity index (χ3v) is 5.48. The predicted octanol–water partition coefficient (Wildman–Crippen LogP) is 3.68. The van der Waals surface area contributed by atoms with E-state index >= 15 is 0 Å². The lowest BCUT2D eigenvalue weighted by Crippen LogP contribution is -2.40. The molecule has 5 rings (SSSR count). The third kappa shape index (κ3) is 2.76. The van der Waals surface area contributed by atoms with Crippen molar-refractivity contribution >= 4 is 34.0 Å². The van der Waals surface area contributed by atoms with Crippen LogP contribution in [0.25, 0.3) is 10.8 Å². The van der Waals surface area contributed by atoms with E-state index < -0.39 is 5.60 Å². The Bertz CT molecular complexity index is 1170. The molecule has 1 fully saturated rings. The molecule has 0 bridgehead atoms. The summed E-state index contributed by atoms with van der Waals surface area (Å²) in [5.41, 5.74) is 0.774. The van der Waals surface area contributed by atoms with Gasteiger partial charge in [0.1, 0.15) is 5.75 Å². The Morgan fingerprint density at radius 3 is 2.48 bits per heavy atom. The lowest BCUT2D eigenvalue weighted by Gasteiger charge is -2.19. The van der Waals surface area contributed by atoms with Crippen molar-refractivity contribution in [1.29, 1.82) is 0 Å². The van der Waals surface area contributed by atoms with E-state index in [1.54, 1.807) is 13.2 Å². The zero-order valence-electron chi connectivity index (χ0n) is 15.8. The van der Waals surface area contributed by atoms with Gasteiger partial charge in [0, 0.05) is 6.42 Å².